The minimum absolute atomic E-state index is 0.0966. The number of carboxylic acids is 1. The van der Waals surface area contributed by atoms with Crippen LogP contribution in [0.2, 0.25) is 0 Å². The number of hydrogen-bond acceptors (Lipinski definition) is 4. The molecule has 0 aliphatic rings. The van der Waals surface area contributed by atoms with Crippen molar-refractivity contribution in [3.05, 3.63) is 28.8 Å². The van der Waals surface area contributed by atoms with Gasteiger partial charge in [0.05, 0.1) is 5.92 Å². The molecule has 0 saturated carbocycles. The van der Waals surface area contributed by atoms with Crippen molar-refractivity contribution in [3.63, 3.8) is 0 Å². The van der Waals surface area contributed by atoms with Crippen molar-refractivity contribution < 1.29 is 19.8 Å². The number of phenols is 1. The molecule has 0 fully saturated rings. The highest BCUT2D eigenvalue weighted by atomic mass is 16.4. The second-order valence-electron chi connectivity index (χ2n) is 7.62. The maximum Gasteiger partial charge on any atom is 0.310 e. The Labute approximate surface area is 137 Å². The first-order chi connectivity index (χ1) is 10.3. The van der Waals surface area contributed by atoms with Gasteiger partial charge in [0.15, 0.2) is 0 Å². The highest BCUT2D eigenvalue weighted by molar-refractivity contribution is 5.77. The highest BCUT2D eigenvalue weighted by Crippen LogP contribution is 2.40. The van der Waals surface area contributed by atoms with Crippen molar-refractivity contribution >= 4 is 12.0 Å². The summed E-state index contributed by atoms with van der Waals surface area (Å²) < 4.78 is 0. The van der Waals surface area contributed by atoms with Gasteiger partial charge in [-0.2, -0.15) is 0 Å². The van der Waals surface area contributed by atoms with Gasteiger partial charge in [0, 0.05) is 5.56 Å². The van der Waals surface area contributed by atoms with Crippen LogP contribution in [0.4, 0.5) is 0 Å². The largest absolute Gasteiger partial charge is 0.507 e. The third-order valence-electron chi connectivity index (χ3n) is 3.65. The molecule has 0 bridgehead atoms. The first-order valence-electron chi connectivity index (χ1n) is 7.41. The van der Waals surface area contributed by atoms with Crippen LogP contribution < -0.4 is 0 Å². The maximum absolute atomic E-state index is 11.3. The number of aromatic hydroxyl groups is 1. The van der Waals surface area contributed by atoms with Crippen molar-refractivity contribution in [1.29, 1.82) is 5.41 Å². The normalized spacial score (nSPS) is 12.7. The smallest absolute Gasteiger partial charge is 0.310 e. The summed E-state index contributed by atoms with van der Waals surface area (Å²) in [5.74, 6) is -1.54. The van der Waals surface area contributed by atoms with E-state index in [0.29, 0.717) is 5.56 Å². The molecule has 3 N–H and O–H groups in total. The van der Waals surface area contributed by atoms with E-state index in [1.54, 1.807) is 6.92 Å². The number of carboxylic acid groups (broad SMARTS) is 1. The van der Waals surface area contributed by atoms with Gasteiger partial charge >= 0.3 is 5.97 Å². The van der Waals surface area contributed by atoms with Crippen LogP contribution in [0, 0.1) is 5.41 Å². The van der Waals surface area contributed by atoms with Crippen LogP contribution >= 0.6 is 0 Å². The lowest BCUT2D eigenvalue weighted by Crippen LogP contribution is -2.19. The number of benzene rings is 1. The third-order valence-corrected chi connectivity index (χ3v) is 3.65. The zero-order valence-corrected chi connectivity index (χ0v) is 14.9. The monoisotopic (exact) mass is 321 g/mol. The molecule has 128 valence electrons. The first-order valence-corrected chi connectivity index (χ1v) is 7.41. The summed E-state index contributed by atoms with van der Waals surface area (Å²) in [6.07, 6.45) is 0.750. The number of hydrogen-bond donors (Lipinski definition) is 3. The van der Waals surface area contributed by atoms with Crippen LogP contribution in [-0.2, 0) is 20.4 Å². The molecule has 1 aromatic rings. The van der Waals surface area contributed by atoms with Crippen molar-refractivity contribution in [3.8, 4) is 5.75 Å². The van der Waals surface area contributed by atoms with Gasteiger partial charge in [-0.1, -0.05) is 53.7 Å². The summed E-state index contributed by atoms with van der Waals surface area (Å²) in [4.78, 5) is 19.6. The van der Waals surface area contributed by atoms with E-state index in [9.17, 15) is 15.0 Å². The number of carbonyl (C=O) groups is 1. The van der Waals surface area contributed by atoms with E-state index in [1.165, 1.54) is 0 Å². The minimum atomic E-state index is -0.925. The second kappa shape index (κ2) is 7.42. The van der Waals surface area contributed by atoms with Gasteiger partial charge in [-0.05, 0) is 28.9 Å². The topological polar surface area (TPSA) is 98.4 Å². The molecule has 0 heterocycles. The van der Waals surface area contributed by atoms with Gasteiger partial charge < -0.3 is 10.2 Å². The van der Waals surface area contributed by atoms with Gasteiger partial charge in [0.2, 0.25) is 6.08 Å². The fourth-order valence-corrected chi connectivity index (χ4v) is 2.12. The Hall–Kier alpha value is -2.13. The molecule has 0 aliphatic carbocycles. The lowest BCUT2D eigenvalue weighted by atomic mass is 9.77. The summed E-state index contributed by atoms with van der Waals surface area (Å²) in [6, 6.07) is 3.82. The zero-order chi connectivity index (χ0) is 18.6. The Bertz CT molecular complexity index is 601. The number of carbonyl (C=O) groups excluding carboxylic acids is 1. The zero-order valence-electron chi connectivity index (χ0n) is 14.9. The van der Waals surface area contributed by atoms with E-state index in [4.69, 9.17) is 10.2 Å². The quantitative estimate of drug-likeness (QED) is 0.564. The molecule has 1 unspecified atom stereocenters. The van der Waals surface area contributed by atoms with Crippen LogP contribution in [0.15, 0.2) is 12.1 Å². The molecule has 1 rings (SSSR count). The van der Waals surface area contributed by atoms with Crippen molar-refractivity contribution in [1.82, 2.24) is 0 Å². The molecule has 0 aromatic heterocycles. The molecule has 1 aromatic carbocycles. The predicted molar refractivity (Wildman–Crippen MR) is 90.0 cm³/mol. The lowest BCUT2D eigenvalue weighted by Gasteiger charge is -2.28. The van der Waals surface area contributed by atoms with E-state index in [1.807, 2.05) is 32.9 Å². The van der Waals surface area contributed by atoms with Gasteiger partial charge in [-0.15, -0.1) is 0 Å². The predicted octanol–water partition coefficient (Wildman–Crippen LogP) is 4.08. The Morgan fingerprint density at radius 3 is 1.87 bits per heavy atom. The van der Waals surface area contributed by atoms with Crippen LogP contribution in [0.1, 0.15) is 71.1 Å². The van der Waals surface area contributed by atoms with Crippen LogP contribution in [0.3, 0.4) is 0 Å². The average molecular weight is 321 g/mol. The summed E-state index contributed by atoms with van der Waals surface area (Å²) in [6.45, 7) is 13.9. The highest BCUT2D eigenvalue weighted by Gasteiger charge is 2.28. The van der Waals surface area contributed by atoms with Gasteiger partial charge in [-0.3, -0.25) is 4.79 Å². The van der Waals surface area contributed by atoms with E-state index in [-0.39, 0.29) is 16.6 Å². The molecular weight excluding hydrogens is 294 g/mol. The van der Waals surface area contributed by atoms with Crippen molar-refractivity contribution in [2.24, 2.45) is 0 Å². The van der Waals surface area contributed by atoms with Crippen LogP contribution in [0.25, 0.3) is 0 Å². The van der Waals surface area contributed by atoms with Crippen LogP contribution in [-0.4, -0.2) is 22.3 Å². The molecule has 0 aliphatic heterocycles. The minimum Gasteiger partial charge on any atom is -0.507 e. The van der Waals surface area contributed by atoms with Crippen LogP contribution in [0.5, 0.6) is 5.75 Å². The molecule has 5 nitrogen and oxygen atoms in total. The molecular formula is C18H27NO4. The molecule has 0 radical (unpaired) electrons. The third kappa shape index (κ3) is 5.53. The number of aliphatic carboxylic acids is 1. The molecule has 0 amide bonds. The maximum atomic E-state index is 11.3. The van der Waals surface area contributed by atoms with E-state index >= 15 is 0 Å². The Kier molecular flexibility index (Phi) is 6.74. The number of nitrogens with one attached hydrogen (secondary N) is 1. The summed E-state index contributed by atoms with van der Waals surface area (Å²) in [7, 11) is 0. The number of isocyanates is 1. The summed E-state index contributed by atoms with van der Waals surface area (Å²) in [5, 5.41) is 25.1. The molecule has 0 saturated heterocycles. The van der Waals surface area contributed by atoms with Gasteiger partial charge in [-0.25, -0.2) is 10.2 Å². The fourth-order valence-electron chi connectivity index (χ4n) is 2.12. The first kappa shape index (κ1) is 20.9. The number of phenolic OH excluding ortho intramolecular Hbond substituents is 1. The molecule has 5 heteroatoms. The Morgan fingerprint density at radius 1 is 1.13 bits per heavy atom. The SMILES string of the molecule is CC(C(=O)O)c1cc(C(C)(C)C)cc(C(C)(C)C)c1O.N=C=O. The fraction of sp³-hybridized carbons (Fsp3) is 0.556. The summed E-state index contributed by atoms with van der Waals surface area (Å²) in [5.41, 5.74) is 2.00. The number of rotatable bonds is 2. The Balaban J connectivity index is 0.00000149. The molecule has 1 atom stereocenters. The average Bonchev–Trinajstić information content (AvgIpc) is 2.36. The van der Waals surface area contributed by atoms with Gasteiger partial charge in [0.25, 0.3) is 0 Å². The molecule has 23 heavy (non-hydrogen) atoms. The summed E-state index contributed by atoms with van der Waals surface area (Å²) >= 11 is 0. The Morgan fingerprint density at radius 2 is 1.57 bits per heavy atom. The van der Waals surface area contributed by atoms with Crippen molar-refractivity contribution in [2.75, 3.05) is 0 Å². The lowest BCUT2D eigenvalue weighted by molar-refractivity contribution is -0.138. The standard InChI is InChI=1S/C17H26O3.CHNO/c1-10(15(19)20)12-8-11(16(2,3)4)9-13(14(12)18)17(5,6)7;2-1-3/h8-10,18H,1-7H3,(H,19,20);2H. The second-order valence-corrected chi connectivity index (χ2v) is 7.62. The van der Waals surface area contributed by atoms with Gasteiger partial charge in [0.1, 0.15) is 5.75 Å². The van der Waals surface area contributed by atoms with Crippen molar-refractivity contribution in [2.45, 2.75) is 65.2 Å². The van der Waals surface area contributed by atoms with E-state index < -0.39 is 11.9 Å². The van der Waals surface area contributed by atoms with E-state index in [2.05, 4.69) is 20.8 Å². The van der Waals surface area contributed by atoms with E-state index in [0.717, 1.165) is 17.2 Å². The molecule has 0 spiro atoms.